The summed E-state index contributed by atoms with van der Waals surface area (Å²) in [6.07, 6.45) is 1.43. The Hall–Kier alpha value is -0.220. The summed E-state index contributed by atoms with van der Waals surface area (Å²) in [5.74, 6) is 0. The number of alkyl halides is 2. The number of nitrogens with one attached hydrogen (secondary N) is 1. The highest BCUT2D eigenvalue weighted by molar-refractivity contribution is 4.91. The molecule has 2 aliphatic rings. The van der Waals surface area contributed by atoms with Crippen LogP contribution in [0.5, 0.6) is 0 Å². The molecule has 1 atom stereocenters. The van der Waals surface area contributed by atoms with Gasteiger partial charge in [-0.25, -0.2) is 8.78 Å². The van der Waals surface area contributed by atoms with Crippen molar-refractivity contribution in [2.24, 2.45) is 0 Å². The Morgan fingerprint density at radius 1 is 1.31 bits per heavy atom. The third-order valence-electron chi connectivity index (χ3n) is 2.84. The van der Waals surface area contributed by atoms with Crippen molar-refractivity contribution in [3.05, 3.63) is 0 Å². The van der Waals surface area contributed by atoms with Crippen molar-refractivity contribution < 1.29 is 8.78 Å². The van der Waals surface area contributed by atoms with Gasteiger partial charge in [0.2, 0.25) is 0 Å². The summed E-state index contributed by atoms with van der Waals surface area (Å²) in [6.45, 7) is 1.91. The van der Waals surface area contributed by atoms with Crippen LogP contribution in [0.1, 0.15) is 19.3 Å². The number of halogens is 2. The Morgan fingerprint density at radius 3 is 2.69 bits per heavy atom. The summed E-state index contributed by atoms with van der Waals surface area (Å²) >= 11 is 0. The second-order valence-corrected chi connectivity index (χ2v) is 4.01. The maximum Gasteiger partial charge on any atom is 0.250 e. The Bertz CT molecular complexity index is 171. The van der Waals surface area contributed by atoms with Gasteiger partial charge in [0, 0.05) is 25.2 Å². The van der Waals surface area contributed by atoms with E-state index in [-0.39, 0.29) is 6.54 Å². The van der Waals surface area contributed by atoms with Crippen LogP contribution in [0.2, 0.25) is 0 Å². The van der Waals surface area contributed by atoms with E-state index in [0.717, 1.165) is 25.6 Å². The second kappa shape index (κ2) is 3.88. The predicted molar refractivity (Wildman–Crippen MR) is 47.0 cm³/mol. The van der Waals surface area contributed by atoms with Gasteiger partial charge in [0.15, 0.2) is 0 Å². The van der Waals surface area contributed by atoms with Crippen LogP contribution in [0.25, 0.3) is 0 Å². The topological polar surface area (TPSA) is 15.3 Å². The van der Waals surface area contributed by atoms with Crippen LogP contribution in [0, 0.1) is 0 Å². The zero-order chi connectivity index (χ0) is 9.26. The third kappa shape index (κ3) is 2.61. The molecule has 2 fully saturated rings. The van der Waals surface area contributed by atoms with E-state index < -0.39 is 6.43 Å². The standard InChI is InChI=1S/C9H16F2N2/c10-9(11)5-12-7-3-4-13(6-7)8-1-2-8/h7-9,12H,1-6H2. The van der Waals surface area contributed by atoms with Gasteiger partial charge < -0.3 is 5.32 Å². The molecule has 1 heterocycles. The molecule has 1 saturated carbocycles. The van der Waals surface area contributed by atoms with Crippen LogP contribution in [-0.4, -0.2) is 43.0 Å². The molecule has 1 aliphatic carbocycles. The molecule has 0 aromatic carbocycles. The van der Waals surface area contributed by atoms with Gasteiger partial charge in [-0.05, 0) is 19.3 Å². The minimum absolute atomic E-state index is 0.150. The van der Waals surface area contributed by atoms with E-state index in [1.165, 1.54) is 12.8 Å². The lowest BCUT2D eigenvalue weighted by atomic mass is 10.3. The zero-order valence-electron chi connectivity index (χ0n) is 7.68. The molecule has 76 valence electrons. The van der Waals surface area contributed by atoms with Crippen molar-refractivity contribution in [1.82, 2.24) is 10.2 Å². The molecular weight excluding hydrogens is 174 g/mol. The maximum atomic E-state index is 11.9. The van der Waals surface area contributed by atoms with Crippen molar-refractivity contribution >= 4 is 0 Å². The third-order valence-corrected chi connectivity index (χ3v) is 2.84. The Balaban J connectivity index is 1.65. The lowest BCUT2D eigenvalue weighted by molar-refractivity contribution is 0.141. The summed E-state index contributed by atoms with van der Waals surface area (Å²) < 4.78 is 23.8. The first-order valence-electron chi connectivity index (χ1n) is 5.01. The van der Waals surface area contributed by atoms with Gasteiger partial charge in [0.05, 0.1) is 6.54 Å². The van der Waals surface area contributed by atoms with Crippen LogP contribution in [-0.2, 0) is 0 Å². The zero-order valence-corrected chi connectivity index (χ0v) is 7.68. The van der Waals surface area contributed by atoms with Crippen molar-refractivity contribution in [3.63, 3.8) is 0 Å². The summed E-state index contributed by atoms with van der Waals surface area (Å²) in [6, 6.07) is 1.08. The quantitative estimate of drug-likeness (QED) is 0.713. The van der Waals surface area contributed by atoms with Gasteiger partial charge in [-0.2, -0.15) is 0 Å². The first-order valence-corrected chi connectivity index (χ1v) is 5.01. The minimum Gasteiger partial charge on any atom is -0.307 e. The highest BCUT2D eigenvalue weighted by atomic mass is 19.3. The van der Waals surface area contributed by atoms with Crippen LogP contribution >= 0.6 is 0 Å². The van der Waals surface area contributed by atoms with E-state index in [9.17, 15) is 8.78 Å². The number of rotatable bonds is 4. The van der Waals surface area contributed by atoms with E-state index in [2.05, 4.69) is 10.2 Å². The molecule has 0 aromatic heterocycles. The van der Waals surface area contributed by atoms with Gasteiger partial charge >= 0.3 is 0 Å². The van der Waals surface area contributed by atoms with Crippen molar-refractivity contribution in [3.8, 4) is 0 Å². The van der Waals surface area contributed by atoms with Crippen molar-refractivity contribution in [2.45, 2.75) is 37.8 Å². The molecule has 2 rings (SSSR count). The predicted octanol–water partition coefficient (Wildman–Crippen LogP) is 1.08. The smallest absolute Gasteiger partial charge is 0.250 e. The van der Waals surface area contributed by atoms with Gasteiger partial charge in [-0.15, -0.1) is 0 Å². The lowest BCUT2D eigenvalue weighted by Gasteiger charge is -2.15. The van der Waals surface area contributed by atoms with Gasteiger partial charge in [0.1, 0.15) is 0 Å². The van der Waals surface area contributed by atoms with Gasteiger partial charge in [0.25, 0.3) is 6.43 Å². The van der Waals surface area contributed by atoms with Crippen molar-refractivity contribution in [1.29, 1.82) is 0 Å². The second-order valence-electron chi connectivity index (χ2n) is 4.01. The first-order chi connectivity index (χ1) is 6.25. The molecule has 1 saturated heterocycles. The molecule has 0 radical (unpaired) electrons. The molecule has 0 spiro atoms. The van der Waals surface area contributed by atoms with Crippen LogP contribution in [0.3, 0.4) is 0 Å². The van der Waals surface area contributed by atoms with E-state index in [0.29, 0.717) is 6.04 Å². The fourth-order valence-corrected chi connectivity index (χ4v) is 1.98. The SMILES string of the molecule is FC(F)CNC1CCN(C2CC2)C1. The Kier molecular flexibility index (Phi) is 2.79. The number of hydrogen-bond donors (Lipinski definition) is 1. The molecule has 13 heavy (non-hydrogen) atoms. The molecule has 1 N–H and O–H groups in total. The summed E-state index contributed by atoms with van der Waals surface area (Å²) in [7, 11) is 0. The van der Waals surface area contributed by atoms with Gasteiger partial charge in [-0.3, -0.25) is 4.90 Å². The van der Waals surface area contributed by atoms with Crippen LogP contribution in [0.15, 0.2) is 0 Å². The van der Waals surface area contributed by atoms with E-state index in [1.807, 2.05) is 0 Å². The highest BCUT2D eigenvalue weighted by Gasteiger charge is 2.34. The Morgan fingerprint density at radius 2 is 2.08 bits per heavy atom. The molecule has 0 bridgehead atoms. The van der Waals surface area contributed by atoms with Gasteiger partial charge in [-0.1, -0.05) is 0 Å². The molecular formula is C9H16F2N2. The average Bonchev–Trinajstić information content (AvgIpc) is 2.83. The minimum atomic E-state index is -2.21. The summed E-state index contributed by atoms with van der Waals surface area (Å²) in [5.41, 5.74) is 0. The van der Waals surface area contributed by atoms with E-state index >= 15 is 0 Å². The Labute approximate surface area is 77.3 Å². The summed E-state index contributed by atoms with van der Waals surface area (Å²) in [5, 5.41) is 2.90. The molecule has 4 heteroatoms. The normalized spacial score (nSPS) is 30.2. The number of nitrogens with zero attached hydrogens (tertiary/aromatic N) is 1. The van der Waals surface area contributed by atoms with Crippen LogP contribution in [0.4, 0.5) is 8.78 Å². The molecule has 1 unspecified atom stereocenters. The molecule has 0 amide bonds. The molecule has 0 aromatic rings. The number of likely N-dealkylation sites (tertiary alicyclic amines) is 1. The van der Waals surface area contributed by atoms with E-state index in [4.69, 9.17) is 0 Å². The lowest BCUT2D eigenvalue weighted by Crippen LogP contribution is -2.35. The van der Waals surface area contributed by atoms with Crippen LogP contribution < -0.4 is 5.32 Å². The largest absolute Gasteiger partial charge is 0.307 e. The highest BCUT2D eigenvalue weighted by Crippen LogP contribution is 2.29. The average molecular weight is 190 g/mol. The van der Waals surface area contributed by atoms with E-state index in [1.54, 1.807) is 0 Å². The molecule has 2 nitrogen and oxygen atoms in total. The fourth-order valence-electron chi connectivity index (χ4n) is 1.98. The summed E-state index contributed by atoms with van der Waals surface area (Å²) in [4.78, 5) is 2.42. The molecule has 1 aliphatic heterocycles. The maximum absolute atomic E-state index is 11.9. The number of hydrogen-bond acceptors (Lipinski definition) is 2. The monoisotopic (exact) mass is 190 g/mol. The van der Waals surface area contributed by atoms with Crippen molar-refractivity contribution in [2.75, 3.05) is 19.6 Å². The first kappa shape index (κ1) is 9.34. The fraction of sp³-hybridized carbons (Fsp3) is 1.00.